The number of non-ortho nitro benzene ring substituents is 1. The second kappa shape index (κ2) is 7.21. The first kappa shape index (κ1) is 17.8. The fourth-order valence-electron chi connectivity index (χ4n) is 3.29. The molecule has 1 aliphatic rings. The number of benzene rings is 2. The molecule has 0 unspecified atom stereocenters. The van der Waals surface area contributed by atoms with Gasteiger partial charge in [0.25, 0.3) is 5.69 Å². The minimum absolute atomic E-state index is 0.0329. The zero-order chi connectivity index (χ0) is 18.9. The summed E-state index contributed by atoms with van der Waals surface area (Å²) in [5.74, 6) is 0.916. The van der Waals surface area contributed by atoms with E-state index in [1.54, 1.807) is 12.1 Å². The van der Waals surface area contributed by atoms with Crippen LogP contribution in [-0.2, 0) is 12.1 Å². The molecule has 1 aliphatic carbocycles. The Morgan fingerprint density at radius 3 is 2.44 bits per heavy atom. The second-order valence-electron chi connectivity index (χ2n) is 6.61. The van der Waals surface area contributed by atoms with E-state index in [9.17, 15) is 10.1 Å². The predicted octanol–water partition coefficient (Wildman–Crippen LogP) is 4.58. The zero-order valence-corrected chi connectivity index (χ0v) is 16.0. The summed E-state index contributed by atoms with van der Waals surface area (Å²) in [6.45, 7) is 0.468. The molecule has 8 heteroatoms. The molecule has 1 saturated carbocycles. The molecule has 0 atom stereocenters. The number of hydrogen-bond acceptors (Lipinski definition) is 6. The molecule has 138 valence electrons. The topological polar surface area (TPSA) is 94.1 Å². The summed E-state index contributed by atoms with van der Waals surface area (Å²) >= 11 is 3.47. The summed E-state index contributed by atoms with van der Waals surface area (Å²) in [4.78, 5) is 14.7. The first-order valence-corrected chi connectivity index (χ1v) is 9.44. The summed E-state index contributed by atoms with van der Waals surface area (Å²) < 4.78 is 6.41. The van der Waals surface area contributed by atoms with Crippen LogP contribution in [0.15, 0.2) is 57.5 Å². The summed E-state index contributed by atoms with van der Waals surface area (Å²) in [7, 11) is 0. The Bertz CT molecular complexity index is 950. The summed E-state index contributed by atoms with van der Waals surface area (Å²) in [5.41, 5.74) is 1.92. The van der Waals surface area contributed by atoms with Crippen molar-refractivity contribution >= 4 is 21.6 Å². The molecule has 7 nitrogen and oxygen atoms in total. The van der Waals surface area contributed by atoms with E-state index in [4.69, 9.17) is 4.52 Å². The lowest BCUT2D eigenvalue weighted by Crippen LogP contribution is -2.47. The van der Waals surface area contributed by atoms with E-state index in [2.05, 4.69) is 55.7 Å². The van der Waals surface area contributed by atoms with Crippen molar-refractivity contribution < 1.29 is 9.45 Å². The lowest BCUT2D eigenvalue weighted by molar-refractivity contribution is -0.384. The van der Waals surface area contributed by atoms with Gasteiger partial charge in [-0.1, -0.05) is 33.2 Å². The zero-order valence-electron chi connectivity index (χ0n) is 14.4. The van der Waals surface area contributed by atoms with E-state index >= 15 is 0 Å². The Balaban J connectivity index is 1.46. The van der Waals surface area contributed by atoms with Gasteiger partial charge in [-0.3, -0.25) is 15.4 Å². The average Bonchev–Trinajstić information content (AvgIpc) is 3.11. The molecule has 0 spiro atoms. The van der Waals surface area contributed by atoms with Crippen molar-refractivity contribution in [3.05, 3.63) is 74.6 Å². The smallest absolute Gasteiger partial charge is 0.269 e. The van der Waals surface area contributed by atoms with Crippen molar-refractivity contribution in [1.29, 1.82) is 0 Å². The molecular weight excluding hydrogens is 412 g/mol. The van der Waals surface area contributed by atoms with Gasteiger partial charge in [-0.25, -0.2) is 0 Å². The van der Waals surface area contributed by atoms with Crippen molar-refractivity contribution in [2.24, 2.45) is 0 Å². The van der Waals surface area contributed by atoms with Gasteiger partial charge in [0, 0.05) is 27.7 Å². The van der Waals surface area contributed by atoms with Gasteiger partial charge in [0.2, 0.25) is 11.7 Å². The maximum atomic E-state index is 10.7. The quantitative estimate of drug-likeness (QED) is 0.456. The summed E-state index contributed by atoms with van der Waals surface area (Å²) in [6.07, 6.45) is 3.32. The Labute approximate surface area is 164 Å². The molecule has 0 radical (unpaired) electrons. The van der Waals surface area contributed by atoms with Crippen LogP contribution in [-0.4, -0.2) is 15.1 Å². The molecule has 2 aromatic carbocycles. The summed E-state index contributed by atoms with van der Waals surface area (Å²) in [5, 5.41) is 18.3. The Morgan fingerprint density at radius 2 is 1.85 bits per heavy atom. The molecule has 4 rings (SSSR count). The van der Waals surface area contributed by atoms with Gasteiger partial charge in [-0.15, -0.1) is 0 Å². The number of rotatable bonds is 6. The normalized spacial score (nSPS) is 15.3. The Morgan fingerprint density at radius 1 is 1.15 bits per heavy atom. The molecule has 0 amide bonds. The standard InChI is InChI=1S/C19H17BrN4O3/c20-15-6-4-14(5-7-15)19(10-1-11-19)21-12-17-22-18(23-27-17)13-2-8-16(9-3-13)24(25)26/h2-9,21H,1,10-12H2. The van der Waals surface area contributed by atoms with Gasteiger partial charge in [-0.05, 0) is 49.1 Å². The first-order chi connectivity index (χ1) is 13.1. The van der Waals surface area contributed by atoms with Gasteiger partial charge < -0.3 is 4.52 Å². The average molecular weight is 429 g/mol. The van der Waals surface area contributed by atoms with E-state index in [0.29, 0.717) is 23.8 Å². The molecule has 3 aromatic rings. The van der Waals surface area contributed by atoms with Crippen molar-refractivity contribution in [2.75, 3.05) is 0 Å². The van der Waals surface area contributed by atoms with Gasteiger partial charge in [0.05, 0.1) is 11.5 Å². The van der Waals surface area contributed by atoms with Crippen molar-refractivity contribution in [1.82, 2.24) is 15.5 Å². The van der Waals surface area contributed by atoms with Crippen LogP contribution in [0, 0.1) is 10.1 Å². The van der Waals surface area contributed by atoms with Gasteiger partial charge in [0.15, 0.2) is 0 Å². The van der Waals surface area contributed by atoms with E-state index in [1.807, 2.05) is 0 Å². The largest absolute Gasteiger partial charge is 0.338 e. The van der Waals surface area contributed by atoms with Crippen molar-refractivity contribution in [2.45, 2.75) is 31.3 Å². The predicted molar refractivity (Wildman–Crippen MR) is 103 cm³/mol. The molecule has 1 N–H and O–H groups in total. The van der Waals surface area contributed by atoms with Crippen LogP contribution in [0.3, 0.4) is 0 Å². The van der Waals surface area contributed by atoms with E-state index in [1.165, 1.54) is 24.1 Å². The number of halogens is 1. The van der Waals surface area contributed by atoms with Crippen LogP contribution >= 0.6 is 15.9 Å². The van der Waals surface area contributed by atoms with Crippen LogP contribution < -0.4 is 5.32 Å². The minimum atomic E-state index is -0.435. The Hall–Kier alpha value is -2.58. The summed E-state index contributed by atoms with van der Waals surface area (Å²) in [6, 6.07) is 14.5. The van der Waals surface area contributed by atoms with Crippen LogP contribution in [0.5, 0.6) is 0 Å². The third kappa shape index (κ3) is 3.63. The highest BCUT2D eigenvalue weighted by molar-refractivity contribution is 9.10. The number of nitro groups is 1. The monoisotopic (exact) mass is 428 g/mol. The molecule has 1 fully saturated rings. The fourth-order valence-corrected chi connectivity index (χ4v) is 3.55. The molecule has 0 aliphatic heterocycles. The number of aromatic nitrogens is 2. The van der Waals surface area contributed by atoms with E-state index in [0.717, 1.165) is 17.3 Å². The highest BCUT2D eigenvalue weighted by Crippen LogP contribution is 2.41. The molecule has 0 bridgehead atoms. The van der Waals surface area contributed by atoms with E-state index in [-0.39, 0.29) is 11.2 Å². The van der Waals surface area contributed by atoms with Gasteiger partial charge >= 0.3 is 0 Å². The number of nitrogens with zero attached hydrogens (tertiary/aromatic N) is 3. The maximum Gasteiger partial charge on any atom is 0.269 e. The Kier molecular flexibility index (Phi) is 4.75. The minimum Gasteiger partial charge on any atom is -0.338 e. The molecule has 1 heterocycles. The van der Waals surface area contributed by atoms with Gasteiger partial charge in [0.1, 0.15) is 0 Å². The van der Waals surface area contributed by atoms with Crippen LogP contribution in [0.25, 0.3) is 11.4 Å². The van der Waals surface area contributed by atoms with Crippen molar-refractivity contribution in [3.8, 4) is 11.4 Å². The van der Waals surface area contributed by atoms with Gasteiger partial charge in [-0.2, -0.15) is 4.98 Å². The molecule has 1 aromatic heterocycles. The highest BCUT2D eigenvalue weighted by atomic mass is 79.9. The molecule has 27 heavy (non-hydrogen) atoms. The fraction of sp³-hybridized carbons (Fsp3) is 0.263. The van der Waals surface area contributed by atoms with Crippen LogP contribution in [0.4, 0.5) is 5.69 Å². The lowest BCUT2D eigenvalue weighted by Gasteiger charge is -2.43. The lowest BCUT2D eigenvalue weighted by atomic mass is 9.72. The SMILES string of the molecule is O=[N+]([O-])c1ccc(-c2noc(CNC3(c4ccc(Br)cc4)CCC3)n2)cc1. The molecular formula is C19H17BrN4O3. The van der Waals surface area contributed by atoms with E-state index < -0.39 is 4.92 Å². The van der Waals surface area contributed by atoms with Crippen molar-refractivity contribution in [3.63, 3.8) is 0 Å². The van der Waals surface area contributed by atoms with Crippen LogP contribution in [0.2, 0.25) is 0 Å². The second-order valence-corrected chi connectivity index (χ2v) is 7.53. The highest BCUT2D eigenvalue weighted by Gasteiger charge is 2.38. The van der Waals surface area contributed by atoms with Crippen LogP contribution in [0.1, 0.15) is 30.7 Å². The molecule has 0 saturated heterocycles. The number of nitro benzene ring substituents is 1. The first-order valence-electron chi connectivity index (χ1n) is 8.64. The third-order valence-electron chi connectivity index (χ3n) is 4.99. The number of nitrogens with one attached hydrogen (secondary N) is 1. The number of hydrogen-bond donors (Lipinski definition) is 1. The third-order valence-corrected chi connectivity index (χ3v) is 5.51. The maximum absolute atomic E-state index is 10.7.